The molecule has 0 radical (unpaired) electrons. The van der Waals surface area contributed by atoms with Gasteiger partial charge in [-0.3, -0.25) is 4.79 Å². The number of benzene rings is 1. The molecular formula is C14H18N4O. The summed E-state index contributed by atoms with van der Waals surface area (Å²) >= 11 is 0. The van der Waals surface area contributed by atoms with Crippen molar-refractivity contribution in [2.75, 3.05) is 24.2 Å². The lowest BCUT2D eigenvalue weighted by Gasteiger charge is -2.37. The van der Waals surface area contributed by atoms with Gasteiger partial charge in [-0.1, -0.05) is 6.07 Å². The van der Waals surface area contributed by atoms with Crippen LogP contribution in [0.1, 0.15) is 24.8 Å². The van der Waals surface area contributed by atoms with Crippen LogP contribution in [0.2, 0.25) is 0 Å². The highest BCUT2D eigenvalue weighted by Gasteiger charge is 2.29. The van der Waals surface area contributed by atoms with Gasteiger partial charge < -0.3 is 16.0 Å². The van der Waals surface area contributed by atoms with Crippen molar-refractivity contribution in [3.8, 4) is 6.07 Å². The van der Waals surface area contributed by atoms with E-state index in [2.05, 4.69) is 11.4 Å². The van der Waals surface area contributed by atoms with Gasteiger partial charge in [0, 0.05) is 13.6 Å². The lowest BCUT2D eigenvalue weighted by atomic mass is 9.99. The second kappa shape index (κ2) is 5.61. The Morgan fingerprint density at radius 3 is 3.00 bits per heavy atom. The minimum absolute atomic E-state index is 0.00135. The van der Waals surface area contributed by atoms with E-state index < -0.39 is 0 Å². The average molecular weight is 258 g/mol. The van der Waals surface area contributed by atoms with Crippen molar-refractivity contribution in [1.29, 1.82) is 5.26 Å². The molecule has 5 nitrogen and oxygen atoms in total. The maximum atomic E-state index is 12.0. The number of anilines is 2. The number of likely N-dealkylation sites (N-methyl/N-ethyl adjacent to an activating group) is 1. The fourth-order valence-corrected chi connectivity index (χ4v) is 2.56. The molecule has 1 amide bonds. The molecule has 1 aliphatic heterocycles. The highest BCUT2D eigenvalue weighted by Crippen LogP contribution is 2.31. The van der Waals surface area contributed by atoms with Gasteiger partial charge in [0.1, 0.15) is 12.1 Å². The number of hydrogen-bond acceptors (Lipinski definition) is 4. The first-order valence-corrected chi connectivity index (χ1v) is 6.46. The van der Waals surface area contributed by atoms with Crippen LogP contribution < -0.4 is 16.0 Å². The predicted molar refractivity (Wildman–Crippen MR) is 74.6 cm³/mol. The Labute approximate surface area is 113 Å². The number of hydrogen-bond donors (Lipinski definition) is 2. The molecule has 1 atom stereocenters. The summed E-state index contributed by atoms with van der Waals surface area (Å²) in [5, 5.41) is 11.7. The summed E-state index contributed by atoms with van der Waals surface area (Å²) in [6, 6.07) is 7.25. The zero-order valence-corrected chi connectivity index (χ0v) is 11.0. The molecular weight excluding hydrogens is 240 g/mol. The van der Waals surface area contributed by atoms with Crippen LogP contribution in [0.5, 0.6) is 0 Å². The van der Waals surface area contributed by atoms with Crippen molar-refractivity contribution >= 4 is 17.3 Å². The molecule has 1 unspecified atom stereocenters. The first-order chi connectivity index (χ1) is 9.19. The molecule has 1 aromatic rings. The first-order valence-electron chi connectivity index (χ1n) is 6.46. The summed E-state index contributed by atoms with van der Waals surface area (Å²) < 4.78 is 0. The number of carbonyl (C=O) groups excluding carboxylic acids is 1. The lowest BCUT2D eigenvalue weighted by Crippen LogP contribution is -2.49. The standard InChI is InChI=1S/C14H18N4O/c1-17-14(19)12-6-2-3-8-18(12)11-7-4-5-10(9-15)13(11)16/h4-5,7,12H,2-3,6,8,16H2,1H3,(H,17,19). The minimum Gasteiger partial charge on any atom is -0.396 e. The van der Waals surface area contributed by atoms with Crippen molar-refractivity contribution in [3.63, 3.8) is 0 Å². The Bertz CT molecular complexity index is 521. The lowest BCUT2D eigenvalue weighted by molar-refractivity contribution is -0.122. The molecule has 1 fully saturated rings. The van der Waals surface area contributed by atoms with Gasteiger partial charge in [0.05, 0.1) is 16.9 Å². The molecule has 3 N–H and O–H groups in total. The molecule has 0 bridgehead atoms. The van der Waals surface area contributed by atoms with E-state index in [4.69, 9.17) is 11.0 Å². The van der Waals surface area contributed by atoms with Crippen LogP contribution in [0.15, 0.2) is 18.2 Å². The fraction of sp³-hybridized carbons (Fsp3) is 0.429. The third-order valence-electron chi connectivity index (χ3n) is 3.56. The molecule has 1 heterocycles. The number of para-hydroxylation sites is 1. The Hall–Kier alpha value is -2.22. The fourth-order valence-electron chi connectivity index (χ4n) is 2.56. The van der Waals surface area contributed by atoms with Crippen LogP contribution in [0, 0.1) is 11.3 Å². The highest BCUT2D eigenvalue weighted by molar-refractivity contribution is 5.87. The normalized spacial score (nSPS) is 18.7. The topological polar surface area (TPSA) is 82.2 Å². The molecule has 0 aromatic heterocycles. The summed E-state index contributed by atoms with van der Waals surface area (Å²) in [7, 11) is 1.64. The number of amides is 1. The first kappa shape index (κ1) is 13.2. The van der Waals surface area contributed by atoms with E-state index in [0.29, 0.717) is 11.3 Å². The number of nitrogen functional groups attached to an aromatic ring is 1. The van der Waals surface area contributed by atoms with Crippen molar-refractivity contribution in [1.82, 2.24) is 5.32 Å². The van der Waals surface area contributed by atoms with Gasteiger partial charge >= 0.3 is 0 Å². The van der Waals surface area contributed by atoms with E-state index in [1.54, 1.807) is 19.2 Å². The number of nitrogens with zero attached hydrogens (tertiary/aromatic N) is 2. The maximum absolute atomic E-state index is 12.0. The quantitative estimate of drug-likeness (QED) is 0.782. The van der Waals surface area contributed by atoms with E-state index >= 15 is 0 Å². The van der Waals surface area contributed by atoms with Crippen LogP contribution in [-0.4, -0.2) is 25.5 Å². The summed E-state index contributed by atoms with van der Waals surface area (Å²) in [6.45, 7) is 0.789. The van der Waals surface area contributed by atoms with Crippen LogP contribution in [-0.2, 0) is 4.79 Å². The maximum Gasteiger partial charge on any atom is 0.242 e. The largest absolute Gasteiger partial charge is 0.396 e. The number of nitrogens with one attached hydrogen (secondary N) is 1. The molecule has 0 spiro atoms. The Balaban J connectivity index is 2.38. The smallest absolute Gasteiger partial charge is 0.242 e. The third kappa shape index (κ3) is 2.48. The van der Waals surface area contributed by atoms with Gasteiger partial charge in [0.25, 0.3) is 0 Å². The molecule has 1 aliphatic rings. The SMILES string of the molecule is CNC(=O)C1CCCCN1c1cccc(C#N)c1N. The third-order valence-corrected chi connectivity index (χ3v) is 3.56. The predicted octanol–water partition coefficient (Wildman–Crippen LogP) is 1.25. The summed E-state index contributed by atoms with van der Waals surface area (Å²) in [4.78, 5) is 14.0. The van der Waals surface area contributed by atoms with Crippen LogP contribution in [0.4, 0.5) is 11.4 Å². The van der Waals surface area contributed by atoms with Gasteiger partial charge in [-0.15, -0.1) is 0 Å². The minimum atomic E-state index is -0.199. The van der Waals surface area contributed by atoms with E-state index in [1.807, 2.05) is 11.0 Å². The molecule has 2 rings (SSSR count). The number of carbonyl (C=O) groups is 1. The van der Waals surface area contributed by atoms with Crippen molar-refractivity contribution in [2.45, 2.75) is 25.3 Å². The van der Waals surface area contributed by atoms with E-state index in [9.17, 15) is 4.79 Å². The average Bonchev–Trinajstić information content (AvgIpc) is 2.47. The van der Waals surface area contributed by atoms with Crippen molar-refractivity contribution in [2.24, 2.45) is 0 Å². The van der Waals surface area contributed by atoms with Gasteiger partial charge in [0.15, 0.2) is 0 Å². The molecule has 5 heteroatoms. The summed E-state index contributed by atoms with van der Waals surface area (Å²) in [5.41, 5.74) is 7.73. The summed E-state index contributed by atoms with van der Waals surface area (Å²) in [5.74, 6) is 0.00135. The zero-order chi connectivity index (χ0) is 13.8. The van der Waals surface area contributed by atoms with E-state index in [-0.39, 0.29) is 11.9 Å². The number of nitriles is 1. The monoisotopic (exact) mass is 258 g/mol. The molecule has 1 saturated heterocycles. The summed E-state index contributed by atoms with van der Waals surface area (Å²) in [6.07, 6.45) is 2.88. The number of rotatable bonds is 2. The highest BCUT2D eigenvalue weighted by atomic mass is 16.2. The van der Waals surface area contributed by atoms with Gasteiger partial charge in [0.2, 0.25) is 5.91 Å². The molecule has 1 aromatic carbocycles. The molecule has 0 aliphatic carbocycles. The Kier molecular flexibility index (Phi) is 3.91. The molecule has 0 saturated carbocycles. The molecule has 19 heavy (non-hydrogen) atoms. The zero-order valence-electron chi connectivity index (χ0n) is 11.0. The van der Waals surface area contributed by atoms with Crippen LogP contribution in [0.3, 0.4) is 0 Å². The van der Waals surface area contributed by atoms with Crippen molar-refractivity contribution < 1.29 is 4.79 Å². The molecule has 100 valence electrons. The second-order valence-corrected chi connectivity index (χ2v) is 4.67. The Morgan fingerprint density at radius 1 is 1.53 bits per heavy atom. The van der Waals surface area contributed by atoms with Gasteiger partial charge in [-0.2, -0.15) is 5.26 Å². The van der Waals surface area contributed by atoms with E-state index in [0.717, 1.165) is 31.5 Å². The van der Waals surface area contributed by atoms with Crippen LogP contribution >= 0.6 is 0 Å². The Morgan fingerprint density at radius 2 is 2.32 bits per heavy atom. The second-order valence-electron chi connectivity index (χ2n) is 4.67. The van der Waals surface area contributed by atoms with E-state index in [1.165, 1.54) is 0 Å². The number of nitrogens with two attached hydrogens (primary N) is 1. The van der Waals surface area contributed by atoms with Gasteiger partial charge in [-0.25, -0.2) is 0 Å². The van der Waals surface area contributed by atoms with Crippen molar-refractivity contribution in [3.05, 3.63) is 23.8 Å². The number of piperidine rings is 1. The van der Waals surface area contributed by atoms with Gasteiger partial charge in [-0.05, 0) is 31.4 Å². The van der Waals surface area contributed by atoms with Crippen LogP contribution in [0.25, 0.3) is 0 Å².